The van der Waals surface area contributed by atoms with Gasteiger partial charge in [-0.3, -0.25) is 0 Å². The van der Waals surface area contributed by atoms with E-state index in [1.54, 1.807) is 0 Å². The van der Waals surface area contributed by atoms with Crippen molar-refractivity contribution in [2.45, 2.75) is 25.5 Å². The van der Waals surface area contributed by atoms with Crippen LogP contribution in [0.15, 0.2) is 17.1 Å². The molecule has 0 heterocycles. The van der Waals surface area contributed by atoms with Crippen molar-refractivity contribution in [1.29, 1.82) is 0 Å². The zero-order valence-electron chi connectivity index (χ0n) is 8.37. The molecule has 0 radical (unpaired) electrons. The molecule has 0 bridgehead atoms. The monoisotopic (exact) mass is 241 g/mol. The van der Waals surface area contributed by atoms with Crippen molar-refractivity contribution in [3.05, 3.63) is 28.5 Å². The Morgan fingerprint density at radius 2 is 2.31 bits per heavy atom. The summed E-state index contributed by atoms with van der Waals surface area (Å²) in [4.78, 5) is 13.4. The number of carbonyl (C=O) groups excluding carboxylic acids is 1. The Morgan fingerprint density at radius 1 is 1.56 bits per heavy atom. The minimum absolute atomic E-state index is 0.0308. The molecular weight excluding hydrogens is 233 g/mol. The van der Waals surface area contributed by atoms with Gasteiger partial charge in [-0.05, 0) is 25.0 Å². The SMILES string of the molecule is O=C=NCc1cc(F)cc(Cl)c1OC1CC1. The fourth-order valence-electron chi connectivity index (χ4n) is 1.33. The van der Waals surface area contributed by atoms with Crippen LogP contribution in [0.2, 0.25) is 5.02 Å². The zero-order valence-corrected chi connectivity index (χ0v) is 9.13. The highest BCUT2D eigenvalue weighted by Gasteiger charge is 2.26. The van der Waals surface area contributed by atoms with Gasteiger partial charge in [0.15, 0.2) is 0 Å². The Hall–Kier alpha value is -1.38. The summed E-state index contributed by atoms with van der Waals surface area (Å²) in [5.74, 6) is -0.0474. The summed E-state index contributed by atoms with van der Waals surface area (Å²) in [6.07, 6.45) is 3.51. The van der Waals surface area contributed by atoms with E-state index in [-0.39, 0.29) is 17.7 Å². The van der Waals surface area contributed by atoms with E-state index in [4.69, 9.17) is 16.3 Å². The molecule has 1 saturated carbocycles. The lowest BCUT2D eigenvalue weighted by atomic mass is 10.2. The van der Waals surface area contributed by atoms with Crippen LogP contribution in [0.3, 0.4) is 0 Å². The number of hydrogen-bond acceptors (Lipinski definition) is 3. The number of rotatable bonds is 4. The van der Waals surface area contributed by atoms with Crippen molar-refractivity contribution in [2.24, 2.45) is 4.99 Å². The molecule has 5 heteroatoms. The zero-order chi connectivity index (χ0) is 11.5. The van der Waals surface area contributed by atoms with Gasteiger partial charge >= 0.3 is 0 Å². The highest BCUT2D eigenvalue weighted by atomic mass is 35.5. The van der Waals surface area contributed by atoms with Crippen LogP contribution in [0.25, 0.3) is 0 Å². The summed E-state index contributed by atoms with van der Waals surface area (Å²) in [5.41, 5.74) is 0.472. The Morgan fingerprint density at radius 3 is 2.94 bits per heavy atom. The van der Waals surface area contributed by atoms with Crippen molar-refractivity contribution < 1.29 is 13.9 Å². The molecule has 0 aliphatic heterocycles. The van der Waals surface area contributed by atoms with Gasteiger partial charge in [-0.15, -0.1) is 0 Å². The first-order valence-corrected chi connectivity index (χ1v) is 5.26. The van der Waals surface area contributed by atoms with E-state index in [9.17, 15) is 9.18 Å². The molecule has 0 N–H and O–H groups in total. The number of benzene rings is 1. The second-order valence-electron chi connectivity index (χ2n) is 3.60. The van der Waals surface area contributed by atoms with Gasteiger partial charge in [0.1, 0.15) is 11.6 Å². The molecule has 1 aliphatic rings. The highest BCUT2D eigenvalue weighted by molar-refractivity contribution is 6.32. The first kappa shape index (κ1) is 11.1. The predicted molar refractivity (Wildman–Crippen MR) is 56.9 cm³/mol. The molecule has 3 nitrogen and oxygen atoms in total. The molecule has 0 amide bonds. The van der Waals surface area contributed by atoms with E-state index in [0.717, 1.165) is 12.8 Å². The van der Waals surface area contributed by atoms with Crippen LogP contribution in [0, 0.1) is 5.82 Å². The van der Waals surface area contributed by atoms with Crippen LogP contribution in [0.5, 0.6) is 5.75 Å². The molecule has 0 atom stereocenters. The average Bonchev–Trinajstić information content (AvgIpc) is 3.03. The van der Waals surface area contributed by atoms with E-state index in [0.29, 0.717) is 11.3 Å². The van der Waals surface area contributed by atoms with E-state index in [1.807, 2.05) is 0 Å². The Bertz CT molecular complexity index is 454. The fourth-order valence-corrected chi connectivity index (χ4v) is 1.60. The van der Waals surface area contributed by atoms with Crippen molar-refractivity contribution in [3.63, 3.8) is 0 Å². The van der Waals surface area contributed by atoms with Crippen LogP contribution < -0.4 is 4.74 Å². The van der Waals surface area contributed by atoms with Gasteiger partial charge in [0.25, 0.3) is 0 Å². The van der Waals surface area contributed by atoms with Crippen LogP contribution in [0.4, 0.5) is 4.39 Å². The average molecular weight is 242 g/mol. The Balaban J connectivity index is 2.32. The van der Waals surface area contributed by atoms with Crippen LogP contribution in [-0.2, 0) is 11.3 Å². The largest absolute Gasteiger partial charge is 0.489 e. The fraction of sp³-hybridized carbons (Fsp3) is 0.364. The maximum atomic E-state index is 13.1. The summed E-state index contributed by atoms with van der Waals surface area (Å²) < 4.78 is 18.7. The molecule has 2 rings (SSSR count). The maximum Gasteiger partial charge on any atom is 0.235 e. The smallest absolute Gasteiger partial charge is 0.235 e. The van der Waals surface area contributed by atoms with Crippen molar-refractivity contribution >= 4 is 17.7 Å². The van der Waals surface area contributed by atoms with E-state index < -0.39 is 5.82 Å². The molecule has 1 aliphatic carbocycles. The van der Waals surface area contributed by atoms with Gasteiger partial charge in [0, 0.05) is 5.56 Å². The predicted octanol–water partition coefficient (Wildman–Crippen LogP) is 2.86. The summed E-state index contributed by atoms with van der Waals surface area (Å²) in [7, 11) is 0. The highest BCUT2D eigenvalue weighted by Crippen LogP contribution is 2.35. The van der Waals surface area contributed by atoms with E-state index >= 15 is 0 Å². The maximum absolute atomic E-state index is 13.1. The Labute approximate surface area is 96.9 Å². The summed E-state index contributed by atoms with van der Waals surface area (Å²) >= 11 is 5.88. The topological polar surface area (TPSA) is 38.7 Å². The first-order valence-electron chi connectivity index (χ1n) is 4.89. The summed E-state index contributed by atoms with van der Waals surface area (Å²) in [5, 5.41) is 0.211. The molecule has 84 valence electrons. The van der Waals surface area contributed by atoms with Gasteiger partial charge in [-0.25, -0.2) is 14.2 Å². The second-order valence-corrected chi connectivity index (χ2v) is 4.01. The molecule has 0 saturated heterocycles. The van der Waals surface area contributed by atoms with E-state index in [1.165, 1.54) is 18.2 Å². The third-order valence-electron chi connectivity index (χ3n) is 2.21. The number of nitrogens with zero attached hydrogens (tertiary/aromatic N) is 1. The van der Waals surface area contributed by atoms with Gasteiger partial charge < -0.3 is 4.74 Å². The van der Waals surface area contributed by atoms with Crippen LogP contribution in [0.1, 0.15) is 18.4 Å². The lowest BCUT2D eigenvalue weighted by Crippen LogP contribution is -2.01. The van der Waals surface area contributed by atoms with Crippen molar-refractivity contribution in [3.8, 4) is 5.75 Å². The summed E-state index contributed by atoms with van der Waals surface area (Å²) in [6.45, 7) is 0.0308. The number of aliphatic imine (C=N–C) groups is 1. The van der Waals surface area contributed by atoms with Crippen LogP contribution >= 0.6 is 11.6 Å². The molecule has 0 unspecified atom stereocenters. The number of hydrogen-bond donors (Lipinski definition) is 0. The molecule has 16 heavy (non-hydrogen) atoms. The van der Waals surface area contributed by atoms with Gasteiger partial charge in [-0.2, -0.15) is 0 Å². The molecule has 0 spiro atoms. The lowest BCUT2D eigenvalue weighted by molar-refractivity contribution is 0.299. The molecule has 1 aromatic rings. The second kappa shape index (κ2) is 4.64. The quantitative estimate of drug-likeness (QED) is 0.601. The normalized spacial score (nSPS) is 14.4. The number of halogens is 2. The lowest BCUT2D eigenvalue weighted by Gasteiger charge is -2.11. The third-order valence-corrected chi connectivity index (χ3v) is 2.49. The van der Waals surface area contributed by atoms with Gasteiger partial charge in [0.2, 0.25) is 6.08 Å². The van der Waals surface area contributed by atoms with Gasteiger partial charge in [0.05, 0.1) is 17.7 Å². The first-order chi connectivity index (χ1) is 7.70. The standard InChI is InChI=1S/C11H9ClFNO2/c12-10-4-8(13)3-7(5-14-6-15)11(10)16-9-1-2-9/h3-4,9H,1-2,5H2. The van der Waals surface area contributed by atoms with E-state index in [2.05, 4.69) is 4.99 Å². The van der Waals surface area contributed by atoms with Crippen molar-refractivity contribution in [1.82, 2.24) is 0 Å². The number of ether oxygens (including phenoxy) is 1. The minimum atomic E-state index is -0.468. The molecule has 1 fully saturated rings. The molecular formula is C11H9ClFNO2. The number of isocyanates is 1. The Kier molecular flexibility index (Phi) is 3.22. The summed E-state index contributed by atoms with van der Waals surface area (Å²) in [6, 6.07) is 2.46. The van der Waals surface area contributed by atoms with Crippen molar-refractivity contribution in [2.75, 3.05) is 0 Å². The third kappa shape index (κ3) is 2.60. The molecule has 0 aromatic heterocycles. The van der Waals surface area contributed by atoms with Gasteiger partial charge in [-0.1, -0.05) is 11.6 Å². The molecule has 1 aromatic carbocycles. The van der Waals surface area contributed by atoms with Crippen LogP contribution in [-0.4, -0.2) is 12.2 Å². The minimum Gasteiger partial charge on any atom is -0.489 e.